The first-order valence-electron chi connectivity index (χ1n) is 9.03. The van der Waals surface area contributed by atoms with Gasteiger partial charge in [0.2, 0.25) is 0 Å². The van der Waals surface area contributed by atoms with Crippen molar-refractivity contribution in [2.45, 2.75) is 6.92 Å². The Balaban J connectivity index is 1.84. The minimum Gasteiger partial charge on any atom is -0.350 e. The van der Waals surface area contributed by atoms with Crippen molar-refractivity contribution in [1.29, 1.82) is 0 Å². The smallest absolute Gasteiger partial charge is 0.282 e. The zero-order chi connectivity index (χ0) is 21.4. The van der Waals surface area contributed by atoms with E-state index in [0.717, 1.165) is 4.90 Å². The average Bonchev–Trinajstić information content (AvgIpc) is 2.93. The van der Waals surface area contributed by atoms with E-state index in [9.17, 15) is 18.4 Å². The summed E-state index contributed by atoms with van der Waals surface area (Å²) in [5.41, 5.74) is 1.73. The zero-order valence-electron chi connectivity index (χ0n) is 15.7. The second kappa shape index (κ2) is 7.72. The van der Waals surface area contributed by atoms with Gasteiger partial charge in [0.25, 0.3) is 11.8 Å². The second-order valence-electron chi connectivity index (χ2n) is 6.77. The van der Waals surface area contributed by atoms with Crippen molar-refractivity contribution in [2.75, 3.05) is 10.2 Å². The van der Waals surface area contributed by atoms with Gasteiger partial charge in [0.1, 0.15) is 17.3 Å². The number of nitrogens with one attached hydrogen (secondary N) is 1. The maximum atomic E-state index is 13.6. The number of anilines is 2. The van der Waals surface area contributed by atoms with Gasteiger partial charge in [-0.1, -0.05) is 29.8 Å². The molecule has 0 unspecified atom stereocenters. The van der Waals surface area contributed by atoms with Crippen molar-refractivity contribution >= 4 is 40.4 Å². The normalized spacial score (nSPS) is 13.9. The van der Waals surface area contributed by atoms with Crippen molar-refractivity contribution < 1.29 is 18.4 Å². The quantitative estimate of drug-likeness (QED) is 0.576. The third kappa shape index (κ3) is 3.57. The number of hydrogen-bond donors (Lipinski definition) is 1. The fraction of sp³-hybridized carbons (Fsp3) is 0.0435. The highest BCUT2D eigenvalue weighted by molar-refractivity contribution is 6.46. The van der Waals surface area contributed by atoms with Gasteiger partial charge in [-0.2, -0.15) is 0 Å². The average molecular weight is 425 g/mol. The second-order valence-corrected chi connectivity index (χ2v) is 7.21. The molecule has 1 aliphatic rings. The first-order valence-corrected chi connectivity index (χ1v) is 9.40. The molecule has 0 spiro atoms. The highest BCUT2D eigenvalue weighted by Crippen LogP contribution is 2.35. The molecule has 2 amide bonds. The Morgan fingerprint density at radius 2 is 1.60 bits per heavy atom. The summed E-state index contributed by atoms with van der Waals surface area (Å²) in [7, 11) is 0. The molecule has 30 heavy (non-hydrogen) atoms. The number of nitrogens with zero attached hydrogens (tertiary/aromatic N) is 1. The van der Waals surface area contributed by atoms with Crippen LogP contribution in [-0.2, 0) is 9.59 Å². The minimum absolute atomic E-state index is 0.0217. The molecule has 3 aromatic rings. The van der Waals surface area contributed by atoms with Crippen LogP contribution in [0.25, 0.3) is 5.57 Å². The van der Waals surface area contributed by atoms with E-state index in [0.29, 0.717) is 27.5 Å². The number of amides is 2. The number of carbonyl (C=O) groups is 2. The standard InChI is InChI=1S/C23H15ClF2N2O2/c1-13-11-15(24)7-10-19(13)28-22(29)20(14-5-8-16(25)9-6-14)21(23(28)30)27-18-4-2-3-17(26)12-18/h2-12,27H,1H3. The molecule has 150 valence electrons. The van der Waals surface area contributed by atoms with Crippen LogP contribution in [0, 0.1) is 18.6 Å². The summed E-state index contributed by atoms with van der Waals surface area (Å²) >= 11 is 6.00. The van der Waals surface area contributed by atoms with Gasteiger partial charge in [-0.3, -0.25) is 9.59 Å². The SMILES string of the molecule is Cc1cc(Cl)ccc1N1C(=O)C(Nc2cccc(F)c2)=C(c2ccc(F)cc2)C1=O. The molecule has 0 saturated carbocycles. The lowest BCUT2D eigenvalue weighted by Gasteiger charge is -2.18. The molecule has 0 fully saturated rings. The zero-order valence-corrected chi connectivity index (χ0v) is 16.5. The monoisotopic (exact) mass is 424 g/mol. The summed E-state index contributed by atoms with van der Waals surface area (Å²) in [5, 5.41) is 3.34. The summed E-state index contributed by atoms with van der Waals surface area (Å²) in [6, 6.07) is 15.6. The summed E-state index contributed by atoms with van der Waals surface area (Å²) in [4.78, 5) is 27.6. The highest BCUT2D eigenvalue weighted by Gasteiger charge is 2.40. The van der Waals surface area contributed by atoms with E-state index in [2.05, 4.69) is 5.32 Å². The Morgan fingerprint density at radius 1 is 0.867 bits per heavy atom. The van der Waals surface area contributed by atoms with E-state index in [1.807, 2.05) is 0 Å². The molecule has 4 nitrogen and oxygen atoms in total. The summed E-state index contributed by atoms with van der Waals surface area (Å²) in [6.45, 7) is 1.73. The van der Waals surface area contributed by atoms with E-state index < -0.39 is 23.4 Å². The molecular formula is C23H15ClF2N2O2. The Kier molecular flexibility index (Phi) is 5.10. The molecule has 0 atom stereocenters. The lowest BCUT2D eigenvalue weighted by Crippen LogP contribution is -2.33. The van der Waals surface area contributed by atoms with Gasteiger partial charge >= 0.3 is 0 Å². The van der Waals surface area contributed by atoms with E-state index in [1.165, 1.54) is 42.5 Å². The van der Waals surface area contributed by atoms with E-state index >= 15 is 0 Å². The van der Waals surface area contributed by atoms with Crippen LogP contribution in [0.1, 0.15) is 11.1 Å². The first-order chi connectivity index (χ1) is 14.3. The molecule has 3 aromatic carbocycles. The molecule has 7 heteroatoms. The van der Waals surface area contributed by atoms with Crippen molar-refractivity contribution in [1.82, 2.24) is 0 Å². The Hall–Kier alpha value is -3.51. The molecule has 0 radical (unpaired) electrons. The maximum Gasteiger partial charge on any atom is 0.282 e. The van der Waals surface area contributed by atoms with Crippen LogP contribution in [-0.4, -0.2) is 11.8 Å². The minimum atomic E-state index is -0.603. The van der Waals surface area contributed by atoms with Crippen molar-refractivity contribution in [3.05, 3.63) is 100 Å². The number of aryl methyl sites for hydroxylation is 1. The highest BCUT2D eigenvalue weighted by atomic mass is 35.5. The van der Waals surface area contributed by atoms with Crippen LogP contribution in [0.4, 0.5) is 20.2 Å². The van der Waals surface area contributed by atoms with E-state index in [4.69, 9.17) is 11.6 Å². The summed E-state index contributed by atoms with van der Waals surface area (Å²) in [5.74, 6) is -2.14. The topological polar surface area (TPSA) is 49.4 Å². The van der Waals surface area contributed by atoms with Crippen LogP contribution in [0.5, 0.6) is 0 Å². The van der Waals surface area contributed by atoms with Gasteiger partial charge in [0.05, 0.1) is 11.3 Å². The predicted molar refractivity (Wildman–Crippen MR) is 112 cm³/mol. The lowest BCUT2D eigenvalue weighted by atomic mass is 10.0. The predicted octanol–water partition coefficient (Wildman–Crippen LogP) is 5.32. The molecule has 0 aliphatic carbocycles. The Bertz CT molecular complexity index is 1210. The van der Waals surface area contributed by atoms with E-state index in [-0.39, 0.29) is 11.3 Å². The Labute approximate surface area is 176 Å². The van der Waals surface area contributed by atoms with Crippen molar-refractivity contribution in [3.63, 3.8) is 0 Å². The van der Waals surface area contributed by atoms with Gasteiger partial charge in [-0.05, 0) is 66.6 Å². The third-order valence-corrected chi connectivity index (χ3v) is 4.95. The molecule has 0 aromatic heterocycles. The number of rotatable bonds is 4. The van der Waals surface area contributed by atoms with Gasteiger partial charge in [0, 0.05) is 10.7 Å². The summed E-state index contributed by atoms with van der Waals surface area (Å²) in [6.07, 6.45) is 0. The van der Waals surface area contributed by atoms with Gasteiger partial charge in [-0.15, -0.1) is 0 Å². The lowest BCUT2D eigenvalue weighted by molar-refractivity contribution is -0.120. The molecule has 1 N–H and O–H groups in total. The number of carbonyl (C=O) groups excluding carboxylic acids is 2. The Morgan fingerprint density at radius 3 is 2.27 bits per heavy atom. The number of imide groups is 1. The fourth-order valence-electron chi connectivity index (χ4n) is 3.33. The number of benzene rings is 3. The van der Waals surface area contributed by atoms with E-state index in [1.54, 1.807) is 31.2 Å². The molecule has 0 bridgehead atoms. The third-order valence-electron chi connectivity index (χ3n) is 4.71. The van der Waals surface area contributed by atoms with Crippen LogP contribution in [0.2, 0.25) is 5.02 Å². The van der Waals surface area contributed by atoms with Crippen molar-refractivity contribution in [3.8, 4) is 0 Å². The molecule has 0 saturated heterocycles. The van der Waals surface area contributed by atoms with Gasteiger partial charge in [0.15, 0.2) is 0 Å². The van der Waals surface area contributed by atoms with Crippen LogP contribution in [0.15, 0.2) is 72.4 Å². The van der Waals surface area contributed by atoms with Gasteiger partial charge < -0.3 is 5.32 Å². The van der Waals surface area contributed by atoms with Crippen molar-refractivity contribution in [2.24, 2.45) is 0 Å². The van der Waals surface area contributed by atoms with Crippen LogP contribution < -0.4 is 10.2 Å². The number of halogens is 3. The maximum absolute atomic E-state index is 13.6. The number of hydrogen-bond acceptors (Lipinski definition) is 3. The molecule has 1 heterocycles. The molecular weight excluding hydrogens is 410 g/mol. The molecule has 4 rings (SSSR count). The largest absolute Gasteiger partial charge is 0.350 e. The van der Waals surface area contributed by atoms with Gasteiger partial charge in [-0.25, -0.2) is 13.7 Å². The molecule has 1 aliphatic heterocycles. The summed E-state index contributed by atoms with van der Waals surface area (Å²) < 4.78 is 27.1. The fourth-order valence-corrected chi connectivity index (χ4v) is 3.56. The van der Waals surface area contributed by atoms with Crippen LogP contribution >= 0.6 is 11.6 Å². The van der Waals surface area contributed by atoms with Crippen LogP contribution in [0.3, 0.4) is 0 Å². The first kappa shape index (κ1) is 19.8.